The summed E-state index contributed by atoms with van der Waals surface area (Å²) in [6.45, 7) is 2.72. The number of fused-ring (bicyclic) bond motifs is 1. The number of benzene rings is 1. The Bertz CT molecular complexity index is 514. The van der Waals surface area contributed by atoms with Crippen LogP contribution in [0.2, 0.25) is 0 Å². The average molecular weight is 261 g/mol. The number of aliphatic hydroxyl groups excluding tert-OH is 1. The number of anilines is 1. The van der Waals surface area contributed by atoms with E-state index in [0.29, 0.717) is 6.42 Å². The molecule has 0 spiro atoms. The quantitative estimate of drug-likeness (QED) is 0.881. The molecule has 2 heterocycles. The predicted octanol–water partition coefficient (Wildman–Crippen LogP) is 1.66. The van der Waals surface area contributed by atoms with Crippen LogP contribution < -0.4 is 4.90 Å². The molecule has 19 heavy (non-hydrogen) atoms. The summed E-state index contributed by atoms with van der Waals surface area (Å²) >= 11 is 0. The van der Waals surface area contributed by atoms with E-state index in [9.17, 15) is 9.90 Å². The Hall–Kier alpha value is -1.39. The maximum absolute atomic E-state index is 11.7. The van der Waals surface area contributed by atoms with Gasteiger partial charge in [-0.25, -0.2) is 0 Å². The maximum Gasteiger partial charge on any atom is 0.231 e. The number of amides is 1. The van der Waals surface area contributed by atoms with Crippen LogP contribution in [0.15, 0.2) is 18.2 Å². The number of aliphatic hydroxyl groups is 1. The highest BCUT2D eigenvalue weighted by atomic mass is 16.5. The van der Waals surface area contributed by atoms with Crippen molar-refractivity contribution in [2.24, 2.45) is 5.92 Å². The van der Waals surface area contributed by atoms with E-state index in [1.807, 2.05) is 25.1 Å². The zero-order valence-electron chi connectivity index (χ0n) is 11.3. The molecule has 3 unspecified atom stereocenters. The van der Waals surface area contributed by atoms with E-state index in [1.165, 1.54) is 0 Å². The molecular weight excluding hydrogens is 242 g/mol. The van der Waals surface area contributed by atoms with Crippen LogP contribution in [0.1, 0.15) is 30.6 Å². The van der Waals surface area contributed by atoms with Crippen molar-refractivity contribution in [3.05, 3.63) is 29.3 Å². The van der Waals surface area contributed by atoms with E-state index in [0.717, 1.165) is 29.8 Å². The van der Waals surface area contributed by atoms with Gasteiger partial charge in [0, 0.05) is 25.3 Å². The molecule has 4 heteroatoms. The molecule has 1 aromatic rings. The van der Waals surface area contributed by atoms with Crippen LogP contribution in [0.25, 0.3) is 0 Å². The summed E-state index contributed by atoms with van der Waals surface area (Å²) in [6.07, 6.45) is 0.901. The van der Waals surface area contributed by atoms with Crippen molar-refractivity contribution in [2.45, 2.75) is 32.0 Å². The zero-order valence-corrected chi connectivity index (χ0v) is 11.3. The number of ether oxygens (including phenoxy) is 1. The van der Waals surface area contributed by atoms with Crippen LogP contribution >= 0.6 is 0 Å². The first-order valence-corrected chi connectivity index (χ1v) is 6.77. The maximum atomic E-state index is 11.7. The van der Waals surface area contributed by atoms with Gasteiger partial charge in [-0.2, -0.15) is 0 Å². The fraction of sp³-hybridized carbons (Fsp3) is 0.533. The minimum absolute atomic E-state index is 0.0903. The van der Waals surface area contributed by atoms with E-state index in [1.54, 1.807) is 11.9 Å². The zero-order chi connectivity index (χ0) is 13.6. The SMILES string of the molecule is CC1OCCC1C(O)c1ccc2c(c1)CC(=O)N2C. The summed E-state index contributed by atoms with van der Waals surface area (Å²) in [7, 11) is 1.79. The second-order valence-corrected chi connectivity index (χ2v) is 5.49. The van der Waals surface area contributed by atoms with E-state index in [4.69, 9.17) is 4.74 Å². The van der Waals surface area contributed by atoms with Gasteiger partial charge in [-0.15, -0.1) is 0 Å². The third-order valence-electron chi connectivity index (χ3n) is 4.36. The van der Waals surface area contributed by atoms with Gasteiger partial charge in [0.1, 0.15) is 0 Å². The molecule has 102 valence electrons. The number of nitrogens with zero attached hydrogens (tertiary/aromatic N) is 1. The fourth-order valence-corrected chi connectivity index (χ4v) is 3.08. The third-order valence-corrected chi connectivity index (χ3v) is 4.36. The van der Waals surface area contributed by atoms with Crippen molar-refractivity contribution in [1.82, 2.24) is 0 Å². The molecule has 0 aromatic heterocycles. The molecular formula is C15H19NO3. The lowest BCUT2D eigenvalue weighted by molar-refractivity contribution is -0.117. The molecule has 0 aliphatic carbocycles. The van der Waals surface area contributed by atoms with Crippen LogP contribution in [0, 0.1) is 5.92 Å². The molecule has 0 radical (unpaired) electrons. The number of carbonyl (C=O) groups is 1. The van der Waals surface area contributed by atoms with Gasteiger partial charge in [-0.3, -0.25) is 4.79 Å². The second kappa shape index (κ2) is 4.62. The average Bonchev–Trinajstić information content (AvgIpc) is 2.93. The van der Waals surface area contributed by atoms with Crippen LogP contribution in [-0.2, 0) is 16.0 Å². The lowest BCUT2D eigenvalue weighted by atomic mass is 9.90. The first kappa shape index (κ1) is 12.6. The standard InChI is InChI=1S/C15H19NO3/c1-9-12(5-6-19-9)15(18)10-3-4-13-11(7-10)8-14(17)16(13)2/h3-4,7,9,12,15,18H,5-6,8H2,1-2H3. The molecule has 2 aliphatic rings. The van der Waals surface area contributed by atoms with E-state index in [2.05, 4.69) is 0 Å². The highest BCUT2D eigenvalue weighted by molar-refractivity contribution is 6.00. The van der Waals surface area contributed by atoms with Crippen LogP contribution in [0.5, 0.6) is 0 Å². The van der Waals surface area contributed by atoms with E-state index >= 15 is 0 Å². The lowest BCUT2D eigenvalue weighted by Gasteiger charge is -2.22. The normalized spacial score (nSPS) is 27.7. The van der Waals surface area contributed by atoms with Crippen molar-refractivity contribution < 1.29 is 14.6 Å². The summed E-state index contributed by atoms with van der Waals surface area (Å²) in [4.78, 5) is 13.3. The topological polar surface area (TPSA) is 49.8 Å². The van der Waals surface area contributed by atoms with Gasteiger partial charge < -0.3 is 14.7 Å². The summed E-state index contributed by atoms with van der Waals surface area (Å²) in [5, 5.41) is 10.5. The Labute approximate surface area is 113 Å². The molecule has 2 aliphatic heterocycles. The molecule has 0 saturated carbocycles. The number of hydrogen-bond acceptors (Lipinski definition) is 3. The Kier molecular flexibility index (Phi) is 3.07. The molecule has 1 amide bonds. The largest absolute Gasteiger partial charge is 0.388 e. The van der Waals surface area contributed by atoms with Crippen molar-refractivity contribution >= 4 is 11.6 Å². The van der Waals surface area contributed by atoms with Crippen molar-refractivity contribution in [3.63, 3.8) is 0 Å². The van der Waals surface area contributed by atoms with Gasteiger partial charge in [0.25, 0.3) is 0 Å². The van der Waals surface area contributed by atoms with Gasteiger partial charge in [0.15, 0.2) is 0 Å². The number of likely N-dealkylation sites (N-methyl/N-ethyl adjacent to an activating group) is 1. The molecule has 3 atom stereocenters. The monoisotopic (exact) mass is 261 g/mol. The molecule has 1 aromatic carbocycles. The summed E-state index contributed by atoms with van der Waals surface area (Å²) in [5.74, 6) is 0.257. The van der Waals surface area contributed by atoms with E-state index < -0.39 is 6.10 Å². The first-order chi connectivity index (χ1) is 9.08. The Morgan fingerprint density at radius 1 is 1.47 bits per heavy atom. The van der Waals surface area contributed by atoms with Gasteiger partial charge in [-0.1, -0.05) is 12.1 Å². The molecule has 0 bridgehead atoms. The molecule has 1 saturated heterocycles. The molecule has 4 nitrogen and oxygen atoms in total. The number of carbonyl (C=O) groups excluding carboxylic acids is 1. The Balaban J connectivity index is 1.87. The third kappa shape index (κ3) is 2.05. The van der Waals surface area contributed by atoms with Gasteiger partial charge in [0.05, 0.1) is 18.6 Å². The fourth-order valence-electron chi connectivity index (χ4n) is 3.08. The van der Waals surface area contributed by atoms with Crippen molar-refractivity contribution in [3.8, 4) is 0 Å². The minimum Gasteiger partial charge on any atom is -0.388 e. The van der Waals surface area contributed by atoms with Crippen LogP contribution in [-0.4, -0.2) is 30.8 Å². The van der Waals surface area contributed by atoms with Crippen LogP contribution in [0.3, 0.4) is 0 Å². The summed E-state index contributed by atoms with van der Waals surface area (Å²) in [6, 6.07) is 5.81. The Morgan fingerprint density at radius 3 is 2.95 bits per heavy atom. The molecule has 1 N–H and O–H groups in total. The molecule has 1 fully saturated rings. The highest BCUT2D eigenvalue weighted by Crippen LogP contribution is 2.36. The van der Waals surface area contributed by atoms with E-state index in [-0.39, 0.29) is 17.9 Å². The smallest absolute Gasteiger partial charge is 0.231 e. The minimum atomic E-state index is -0.510. The predicted molar refractivity (Wildman–Crippen MR) is 72.0 cm³/mol. The Morgan fingerprint density at radius 2 is 2.26 bits per heavy atom. The van der Waals surface area contributed by atoms with Crippen molar-refractivity contribution in [1.29, 1.82) is 0 Å². The highest BCUT2D eigenvalue weighted by Gasteiger charge is 2.33. The van der Waals surface area contributed by atoms with Gasteiger partial charge in [-0.05, 0) is 30.5 Å². The van der Waals surface area contributed by atoms with Crippen molar-refractivity contribution in [2.75, 3.05) is 18.6 Å². The lowest BCUT2D eigenvalue weighted by Crippen LogP contribution is -2.20. The van der Waals surface area contributed by atoms with Gasteiger partial charge >= 0.3 is 0 Å². The second-order valence-electron chi connectivity index (χ2n) is 5.49. The molecule has 3 rings (SSSR count). The summed E-state index contributed by atoms with van der Waals surface area (Å²) in [5.41, 5.74) is 2.86. The number of hydrogen-bond donors (Lipinski definition) is 1. The van der Waals surface area contributed by atoms with Gasteiger partial charge in [0.2, 0.25) is 5.91 Å². The summed E-state index contributed by atoms with van der Waals surface area (Å²) < 4.78 is 5.51. The first-order valence-electron chi connectivity index (χ1n) is 6.77. The van der Waals surface area contributed by atoms with Crippen LogP contribution in [0.4, 0.5) is 5.69 Å². The number of rotatable bonds is 2.